The SMILES string of the molecule is C[C@H](c1ccc(C(=O)NCc2nn[nH]n2)cc1)N1C(=O)C(c2ccc(C(F)(F)F)cc2)=NC12CCC(C(C)(C)C)CC2. The molecule has 0 bridgehead atoms. The van der Waals surface area contributed by atoms with Crippen molar-refractivity contribution in [1.82, 2.24) is 30.8 Å². The van der Waals surface area contributed by atoms with Gasteiger partial charge in [-0.3, -0.25) is 14.6 Å². The summed E-state index contributed by atoms with van der Waals surface area (Å²) in [5.41, 5.74) is 0.348. The van der Waals surface area contributed by atoms with Gasteiger partial charge in [0.05, 0.1) is 18.2 Å². The lowest BCUT2D eigenvalue weighted by atomic mass is 9.69. The Morgan fingerprint density at radius 2 is 1.71 bits per heavy atom. The van der Waals surface area contributed by atoms with Crippen LogP contribution in [0.4, 0.5) is 13.2 Å². The molecule has 2 N–H and O–H groups in total. The van der Waals surface area contributed by atoms with E-state index < -0.39 is 23.4 Å². The minimum atomic E-state index is -4.47. The molecular weight excluding hydrogens is 547 g/mol. The Morgan fingerprint density at radius 3 is 2.26 bits per heavy atom. The minimum Gasteiger partial charge on any atom is -0.345 e. The molecule has 0 radical (unpaired) electrons. The molecule has 0 unspecified atom stereocenters. The van der Waals surface area contributed by atoms with Crippen LogP contribution in [0.2, 0.25) is 0 Å². The van der Waals surface area contributed by atoms with Crippen molar-refractivity contribution in [2.45, 2.75) is 77.8 Å². The molecule has 1 fully saturated rings. The number of tetrazole rings is 1. The zero-order chi connectivity index (χ0) is 30.3. The van der Waals surface area contributed by atoms with E-state index in [4.69, 9.17) is 4.99 Å². The van der Waals surface area contributed by atoms with E-state index in [1.165, 1.54) is 12.1 Å². The number of amides is 2. The van der Waals surface area contributed by atoms with Crippen molar-refractivity contribution >= 4 is 17.5 Å². The van der Waals surface area contributed by atoms with Crippen LogP contribution in [0.5, 0.6) is 0 Å². The summed E-state index contributed by atoms with van der Waals surface area (Å²) in [6.07, 6.45) is -1.40. The maximum atomic E-state index is 14.0. The maximum Gasteiger partial charge on any atom is 0.416 e. The number of hydrogen-bond donors (Lipinski definition) is 2. The molecule has 9 nitrogen and oxygen atoms in total. The third kappa shape index (κ3) is 5.79. The Balaban J connectivity index is 1.41. The number of benzene rings is 2. The molecule has 12 heteroatoms. The number of H-pyrrole nitrogens is 1. The fourth-order valence-corrected chi connectivity index (χ4v) is 6.03. The first-order valence-electron chi connectivity index (χ1n) is 14.0. The van der Waals surface area contributed by atoms with Crippen LogP contribution < -0.4 is 5.32 Å². The quantitative estimate of drug-likeness (QED) is 0.400. The zero-order valence-corrected chi connectivity index (χ0v) is 24.0. The summed E-state index contributed by atoms with van der Waals surface area (Å²) in [6.45, 7) is 8.69. The van der Waals surface area contributed by atoms with Crippen LogP contribution in [-0.4, -0.2) is 48.7 Å². The fraction of sp³-hybridized carbons (Fsp3) is 0.467. The van der Waals surface area contributed by atoms with Crippen molar-refractivity contribution in [2.24, 2.45) is 16.3 Å². The Morgan fingerprint density at radius 1 is 1.07 bits per heavy atom. The van der Waals surface area contributed by atoms with Gasteiger partial charge in [-0.1, -0.05) is 50.3 Å². The van der Waals surface area contributed by atoms with Gasteiger partial charge in [0.2, 0.25) is 0 Å². The minimum absolute atomic E-state index is 0.112. The summed E-state index contributed by atoms with van der Waals surface area (Å²) in [7, 11) is 0. The lowest BCUT2D eigenvalue weighted by molar-refractivity contribution is -0.137. The Hall–Kier alpha value is -4.09. The molecule has 0 saturated heterocycles. The van der Waals surface area contributed by atoms with Crippen LogP contribution in [0.1, 0.15) is 92.3 Å². The molecule has 1 aliphatic heterocycles. The van der Waals surface area contributed by atoms with Crippen molar-refractivity contribution in [3.63, 3.8) is 0 Å². The normalized spacial score (nSPS) is 21.9. The van der Waals surface area contributed by atoms with Gasteiger partial charge in [-0.2, -0.15) is 18.4 Å². The van der Waals surface area contributed by atoms with E-state index in [2.05, 4.69) is 46.7 Å². The summed E-state index contributed by atoms with van der Waals surface area (Å²) in [5, 5.41) is 16.2. The molecule has 1 aliphatic carbocycles. The molecule has 1 aromatic heterocycles. The molecule has 2 amide bonds. The van der Waals surface area contributed by atoms with Crippen molar-refractivity contribution in [3.8, 4) is 0 Å². The van der Waals surface area contributed by atoms with Gasteiger partial charge in [0.25, 0.3) is 11.8 Å². The van der Waals surface area contributed by atoms with Crippen molar-refractivity contribution in [1.29, 1.82) is 0 Å². The van der Waals surface area contributed by atoms with Crippen molar-refractivity contribution in [3.05, 3.63) is 76.6 Å². The van der Waals surface area contributed by atoms with Gasteiger partial charge < -0.3 is 10.2 Å². The van der Waals surface area contributed by atoms with Crippen LogP contribution in [0.3, 0.4) is 0 Å². The van der Waals surface area contributed by atoms with E-state index in [0.717, 1.165) is 30.5 Å². The van der Waals surface area contributed by atoms with Gasteiger partial charge in [-0.05, 0) is 73.8 Å². The first-order chi connectivity index (χ1) is 19.8. The Kier molecular flexibility index (Phi) is 7.67. The highest BCUT2D eigenvalue weighted by Crippen LogP contribution is 2.49. The summed E-state index contributed by atoms with van der Waals surface area (Å²) in [5.74, 6) is 0.210. The molecular formula is C30H34F3N7O2. The molecule has 1 atom stereocenters. The molecule has 1 saturated carbocycles. The number of aromatic nitrogens is 4. The molecule has 1 spiro atoms. The average Bonchev–Trinajstić information content (AvgIpc) is 3.57. The molecule has 2 aromatic carbocycles. The third-order valence-electron chi connectivity index (χ3n) is 8.53. The molecule has 2 aliphatic rings. The highest BCUT2D eigenvalue weighted by atomic mass is 19.4. The Bertz CT molecular complexity index is 1450. The second-order valence-electron chi connectivity index (χ2n) is 12.1. The maximum absolute atomic E-state index is 14.0. The lowest BCUT2D eigenvalue weighted by Gasteiger charge is -2.46. The van der Waals surface area contributed by atoms with E-state index in [1.807, 2.05) is 19.1 Å². The summed E-state index contributed by atoms with van der Waals surface area (Å²) in [6, 6.07) is 11.2. The van der Waals surface area contributed by atoms with Gasteiger partial charge in [0.15, 0.2) is 5.82 Å². The van der Waals surface area contributed by atoms with Crippen LogP contribution in [0.15, 0.2) is 53.5 Å². The number of rotatable bonds is 6. The standard InChI is InChI=1S/C30H34F3N7O2/c1-18(19-5-7-21(8-6-19)26(41)34-17-24-36-38-39-37-24)40-27(42)25(20-9-11-23(12-10-20)30(31,32)33)35-29(40)15-13-22(14-16-29)28(2,3)4/h5-12,18,22H,13-17H2,1-4H3,(H,34,41)(H,36,37,38,39)/t18-,22?,29?/m1/s1. The van der Waals surface area contributed by atoms with Crippen LogP contribution in [0, 0.1) is 11.3 Å². The number of hydrogen-bond acceptors (Lipinski definition) is 6. The smallest absolute Gasteiger partial charge is 0.345 e. The number of aliphatic imine (C=N–C) groups is 1. The number of halogens is 3. The predicted molar refractivity (Wildman–Crippen MR) is 149 cm³/mol. The third-order valence-corrected chi connectivity index (χ3v) is 8.53. The largest absolute Gasteiger partial charge is 0.416 e. The highest BCUT2D eigenvalue weighted by molar-refractivity contribution is 6.46. The summed E-state index contributed by atoms with van der Waals surface area (Å²) < 4.78 is 39.6. The van der Waals surface area contributed by atoms with Gasteiger partial charge in [0, 0.05) is 11.1 Å². The van der Waals surface area contributed by atoms with Gasteiger partial charge >= 0.3 is 6.18 Å². The van der Waals surface area contributed by atoms with Gasteiger partial charge in [0.1, 0.15) is 11.4 Å². The van der Waals surface area contributed by atoms with Crippen molar-refractivity contribution < 1.29 is 22.8 Å². The summed E-state index contributed by atoms with van der Waals surface area (Å²) in [4.78, 5) is 33.4. The lowest BCUT2D eigenvalue weighted by Crippen LogP contribution is -2.50. The number of nitrogens with one attached hydrogen (secondary N) is 2. The molecule has 42 heavy (non-hydrogen) atoms. The summed E-state index contributed by atoms with van der Waals surface area (Å²) >= 11 is 0. The van der Waals surface area contributed by atoms with Crippen LogP contribution in [-0.2, 0) is 17.5 Å². The van der Waals surface area contributed by atoms with Crippen molar-refractivity contribution in [2.75, 3.05) is 0 Å². The Labute approximate surface area is 242 Å². The number of nitrogens with zero attached hydrogens (tertiary/aromatic N) is 5. The fourth-order valence-electron chi connectivity index (χ4n) is 6.03. The molecule has 5 rings (SSSR count). The number of alkyl halides is 3. The van der Waals surface area contributed by atoms with Gasteiger partial charge in [-0.15, -0.1) is 10.2 Å². The second kappa shape index (κ2) is 11.0. The number of aromatic amines is 1. The topological polar surface area (TPSA) is 116 Å². The van der Waals surface area contributed by atoms with Crippen LogP contribution in [0.25, 0.3) is 0 Å². The van der Waals surface area contributed by atoms with E-state index in [0.29, 0.717) is 35.7 Å². The first kappa shape index (κ1) is 29.4. The highest BCUT2D eigenvalue weighted by Gasteiger charge is 2.52. The second-order valence-corrected chi connectivity index (χ2v) is 12.1. The van der Waals surface area contributed by atoms with Gasteiger partial charge in [-0.25, -0.2) is 0 Å². The van der Waals surface area contributed by atoms with E-state index in [9.17, 15) is 22.8 Å². The van der Waals surface area contributed by atoms with E-state index in [-0.39, 0.29) is 29.5 Å². The first-order valence-corrected chi connectivity index (χ1v) is 14.0. The molecule has 222 valence electrons. The molecule has 3 aromatic rings. The zero-order valence-electron chi connectivity index (χ0n) is 24.0. The predicted octanol–water partition coefficient (Wildman–Crippen LogP) is 5.47. The average molecular weight is 582 g/mol. The molecule has 2 heterocycles. The number of carbonyl (C=O) groups is 2. The van der Waals surface area contributed by atoms with E-state index >= 15 is 0 Å². The van der Waals surface area contributed by atoms with Crippen LogP contribution >= 0.6 is 0 Å². The van der Waals surface area contributed by atoms with E-state index in [1.54, 1.807) is 17.0 Å². The monoisotopic (exact) mass is 581 g/mol. The number of carbonyl (C=O) groups excluding carboxylic acids is 2.